The molecule has 2 rings (SSSR count). The van der Waals surface area contributed by atoms with E-state index in [-0.39, 0.29) is 12.5 Å². The van der Waals surface area contributed by atoms with Crippen molar-refractivity contribution in [2.45, 2.75) is 0 Å². The number of carbonyl (C=O) groups excluding carboxylic acids is 2. The Bertz CT molecular complexity index is 685. The molecule has 5 nitrogen and oxygen atoms in total. The number of esters is 1. The number of amides is 1. The molecule has 0 saturated heterocycles. The van der Waals surface area contributed by atoms with Gasteiger partial charge in [-0.15, -0.1) is 0 Å². The predicted molar refractivity (Wildman–Crippen MR) is 90.7 cm³/mol. The van der Waals surface area contributed by atoms with Crippen molar-refractivity contribution >= 4 is 33.5 Å². The highest BCUT2D eigenvalue weighted by Crippen LogP contribution is 2.15. The van der Waals surface area contributed by atoms with Crippen molar-refractivity contribution in [3.05, 3.63) is 64.1 Å². The fraction of sp³-hybridized carbons (Fsp3) is 0.176. The van der Waals surface area contributed by atoms with E-state index in [0.717, 1.165) is 4.47 Å². The first kappa shape index (κ1) is 17.2. The summed E-state index contributed by atoms with van der Waals surface area (Å²) >= 11 is 3.33. The van der Waals surface area contributed by atoms with Gasteiger partial charge in [0.25, 0.3) is 5.91 Å². The molecule has 0 radical (unpaired) electrons. The van der Waals surface area contributed by atoms with Crippen molar-refractivity contribution in [2.75, 3.05) is 25.6 Å². The van der Waals surface area contributed by atoms with Crippen LogP contribution < -0.4 is 5.32 Å². The third-order valence-electron chi connectivity index (χ3n) is 2.99. The van der Waals surface area contributed by atoms with Gasteiger partial charge in [-0.1, -0.05) is 22.0 Å². The average Bonchev–Trinajstić information content (AvgIpc) is 2.55. The van der Waals surface area contributed by atoms with E-state index in [2.05, 4.69) is 21.2 Å². The van der Waals surface area contributed by atoms with Gasteiger partial charge in [-0.3, -0.25) is 4.79 Å². The molecule has 1 N–H and O–H groups in total. The van der Waals surface area contributed by atoms with Gasteiger partial charge in [-0.2, -0.15) is 0 Å². The molecule has 23 heavy (non-hydrogen) atoms. The van der Waals surface area contributed by atoms with Crippen LogP contribution in [0.1, 0.15) is 20.7 Å². The van der Waals surface area contributed by atoms with E-state index in [9.17, 15) is 9.59 Å². The number of benzene rings is 2. The van der Waals surface area contributed by atoms with Crippen LogP contribution in [0.25, 0.3) is 0 Å². The predicted octanol–water partition coefficient (Wildman–Crippen LogP) is 3.50. The standard InChI is InChI=1S/C17H16BrNO4/c1-22-9-10-23-17(21)12-5-7-15(8-6-12)19-16(20)13-3-2-4-14(18)11-13/h2-8,11H,9-10H2,1H3,(H,19,20). The van der Waals surface area contributed by atoms with Crippen LogP contribution in [0, 0.1) is 0 Å². The third kappa shape index (κ3) is 5.19. The lowest BCUT2D eigenvalue weighted by atomic mass is 10.2. The minimum atomic E-state index is -0.424. The monoisotopic (exact) mass is 377 g/mol. The van der Waals surface area contributed by atoms with Crippen LogP contribution >= 0.6 is 15.9 Å². The van der Waals surface area contributed by atoms with Crippen LogP contribution in [0.2, 0.25) is 0 Å². The summed E-state index contributed by atoms with van der Waals surface area (Å²) in [7, 11) is 1.54. The molecule has 0 heterocycles. The van der Waals surface area contributed by atoms with Crippen molar-refractivity contribution in [3.63, 3.8) is 0 Å². The summed E-state index contributed by atoms with van der Waals surface area (Å²) in [5, 5.41) is 2.77. The topological polar surface area (TPSA) is 64.6 Å². The Labute approximate surface area is 142 Å². The summed E-state index contributed by atoms with van der Waals surface area (Å²) in [6, 6.07) is 13.6. The van der Waals surface area contributed by atoms with Gasteiger partial charge < -0.3 is 14.8 Å². The van der Waals surface area contributed by atoms with Crippen molar-refractivity contribution in [1.29, 1.82) is 0 Å². The molecule has 0 atom stereocenters. The molecule has 0 aliphatic heterocycles. The fourth-order valence-electron chi connectivity index (χ4n) is 1.82. The molecule has 0 aliphatic rings. The van der Waals surface area contributed by atoms with E-state index in [4.69, 9.17) is 9.47 Å². The van der Waals surface area contributed by atoms with Gasteiger partial charge in [0.2, 0.25) is 0 Å². The maximum Gasteiger partial charge on any atom is 0.338 e. The largest absolute Gasteiger partial charge is 0.460 e. The van der Waals surface area contributed by atoms with E-state index in [1.165, 1.54) is 7.11 Å². The van der Waals surface area contributed by atoms with Crippen LogP contribution in [-0.2, 0) is 9.47 Å². The first-order valence-electron chi connectivity index (χ1n) is 6.93. The maximum absolute atomic E-state index is 12.1. The molecule has 120 valence electrons. The van der Waals surface area contributed by atoms with E-state index < -0.39 is 5.97 Å². The lowest BCUT2D eigenvalue weighted by Crippen LogP contribution is -2.12. The lowest BCUT2D eigenvalue weighted by Gasteiger charge is -2.07. The van der Waals surface area contributed by atoms with Gasteiger partial charge in [-0.05, 0) is 42.5 Å². The normalized spacial score (nSPS) is 10.2. The van der Waals surface area contributed by atoms with Crippen molar-refractivity contribution in [1.82, 2.24) is 0 Å². The van der Waals surface area contributed by atoms with Crippen molar-refractivity contribution in [3.8, 4) is 0 Å². The van der Waals surface area contributed by atoms with E-state index in [1.807, 2.05) is 6.07 Å². The number of carbonyl (C=O) groups is 2. The first-order chi connectivity index (χ1) is 11.1. The average molecular weight is 378 g/mol. The summed E-state index contributed by atoms with van der Waals surface area (Å²) in [5.41, 5.74) is 1.56. The summed E-state index contributed by atoms with van der Waals surface area (Å²) in [5.74, 6) is -0.645. The Morgan fingerprint density at radius 1 is 1.04 bits per heavy atom. The number of methoxy groups -OCH3 is 1. The number of nitrogens with one attached hydrogen (secondary N) is 1. The van der Waals surface area contributed by atoms with Gasteiger partial charge in [0.15, 0.2) is 0 Å². The minimum absolute atomic E-state index is 0.205. The van der Waals surface area contributed by atoms with Crippen LogP contribution in [0.5, 0.6) is 0 Å². The Morgan fingerprint density at radius 2 is 1.78 bits per heavy atom. The Kier molecular flexibility index (Phi) is 6.31. The summed E-state index contributed by atoms with van der Waals surface area (Å²) in [4.78, 5) is 23.9. The molecule has 6 heteroatoms. The number of ether oxygens (including phenoxy) is 2. The van der Waals surface area contributed by atoms with Gasteiger partial charge in [0.1, 0.15) is 6.61 Å². The van der Waals surface area contributed by atoms with Gasteiger partial charge in [0.05, 0.1) is 12.2 Å². The molecule has 1 amide bonds. The Hall–Kier alpha value is -2.18. The second-order valence-corrected chi connectivity index (χ2v) is 5.59. The Morgan fingerprint density at radius 3 is 2.43 bits per heavy atom. The van der Waals surface area contributed by atoms with E-state index in [0.29, 0.717) is 23.4 Å². The second kappa shape index (κ2) is 8.45. The molecule has 0 unspecified atom stereocenters. The number of hydrogen-bond donors (Lipinski definition) is 1. The highest BCUT2D eigenvalue weighted by Gasteiger charge is 2.09. The zero-order chi connectivity index (χ0) is 16.7. The molecule has 0 saturated carbocycles. The molecular weight excluding hydrogens is 362 g/mol. The van der Waals surface area contributed by atoms with Crippen LogP contribution in [0.3, 0.4) is 0 Å². The highest BCUT2D eigenvalue weighted by atomic mass is 79.9. The SMILES string of the molecule is COCCOC(=O)c1ccc(NC(=O)c2cccc(Br)c2)cc1. The molecule has 0 aliphatic carbocycles. The van der Waals surface area contributed by atoms with Gasteiger partial charge in [0, 0.05) is 22.8 Å². The molecule has 0 fully saturated rings. The molecule has 0 aromatic heterocycles. The number of anilines is 1. The minimum Gasteiger partial charge on any atom is -0.460 e. The molecule has 0 spiro atoms. The van der Waals surface area contributed by atoms with Crippen LogP contribution in [-0.4, -0.2) is 32.2 Å². The summed E-state index contributed by atoms with van der Waals surface area (Å²) in [6.07, 6.45) is 0. The third-order valence-corrected chi connectivity index (χ3v) is 3.48. The molecule has 2 aromatic rings. The smallest absolute Gasteiger partial charge is 0.338 e. The quantitative estimate of drug-likeness (QED) is 0.617. The molecule has 0 bridgehead atoms. The number of rotatable bonds is 6. The first-order valence-corrected chi connectivity index (χ1v) is 7.72. The van der Waals surface area contributed by atoms with E-state index in [1.54, 1.807) is 42.5 Å². The number of hydrogen-bond acceptors (Lipinski definition) is 4. The highest BCUT2D eigenvalue weighted by molar-refractivity contribution is 9.10. The van der Waals surface area contributed by atoms with Crippen LogP contribution in [0.15, 0.2) is 53.0 Å². The van der Waals surface area contributed by atoms with Gasteiger partial charge >= 0.3 is 5.97 Å². The van der Waals surface area contributed by atoms with E-state index >= 15 is 0 Å². The van der Waals surface area contributed by atoms with Crippen molar-refractivity contribution in [2.24, 2.45) is 0 Å². The Balaban J connectivity index is 1.97. The fourth-order valence-corrected chi connectivity index (χ4v) is 2.22. The van der Waals surface area contributed by atoms with Crippen molar-refractivity contribution < 1.29 is 19.1 Å². The summed E-state index contributed by atoms with van der Waals surface area (Å²) < 4.78 is 10.7. The lowest BCUT2D eigenvalue weighted by molar-refractivity contribution is 0.0388. The maximum atomic E-state index is 12.1. The zero-order valence-electron chi connectivity index (χ0n) is 12.5. The molecule has 2 aromatic carbocycles. The zero-order valence-corrected chi connectivity index (χ0v) is 14.1. The second-order valence-electron chi connectivity index (χ2n) is 4.67. The number of halogens is 1. The molecular formula is C17H16BrNO4. The summed E-state index contributed by atoms with van der Waals surface area (Å²) in [6.45, 7) is 0.559. The van der Waals surface area contributed by atoms with Crippen LogP contribution in [0.4, 0.5) is 5.69 Å². The van der Waals surface area contributed by atoms with Gasteiger partial charge in [-0.25, -0.2) is 4.79 Å².